The largest absolute Gasteiger partial charge is 0.467 e. The number of hydrogen-bond donors (Lipinski definition) is 2. The van der Waals surface area contributed by atoms with Gasteiger partial charge in [-0.3, -0.25) is 14.2 Å². The molecular formula is C17H16ClN5O3S. The second-order valence-corrected chi connectivity index (χ2v) is 6.89. The first-order valence-corrected chi connectivity index (χ1v) is 9.28. The van der Waals surface area contributed by atoms with Gasteiger partial charge in [-0.2, -0.15) is 0 Å². The number of benzene rings is 1. The minimum absolute atomic E-state index is 0.0736. The van der Waals surface area contributed by atoms with E-state index >= 15 is 0 Å². The van der Waals surface area contributed by atoms with Gasteiger partial charge in [0.15, 0.2) is 11.0 Å². The standard InChI is InChI=1S/C17H16ClN5O3S/c18-12-5-3-11(4-6-12)16-21-22-17(23(16)9-13-2-1-7-26-13)27-10-15(25)20-8-14(19)24/h1-7H,8-10H2,(H2,19,24)(H,20,25). The van der Waals surface area contributed by atoms with Gasteiger partial charge in [0.2, 0.25) is 11.8 Å². The van der Waals surface area contributed by atoms with Crippen molar-refractivity contribution >= 4 is 35.2 Å². The van der Waals surface area contributed by atoms with E-state index in [4.69, 9.17) is 21.8 Å². The average Bonchev–Trinajstić information content (AvgIpc) is 3.29. The first-order chi connectivity index (χ1) is 13.0. The lowest BCUT2D eigenvalue weighted by molar-refractivity contribution is -0.123. The highest BCUT2D eigenvalue weighted by Gasteiger charge is 2.17. The number of primary amides is 1. The minimum atomic E-state index is -0.598. The van der Waals surface area contributed by atoms with Crippen LogP contribution >= 0.6 is 23.4 Å². The summed E-state index contributed by atoms with van der Waals surface area (Å²) < 4.78 is 7.28. The number of thioether (sulfide) groups is 1. The molecule has 1 aromatic carbocycles. The zero-order valence-electron chi connectivity index (χ0n) is 14.1. The number of aromatic nitrogens is 3. The van der Waals surface area contributed by atoms with Gasteiger partial charge in [-0.1, -0.05) is 23.4 Å². The molecule has 0 bridgehead atoms. The summed E-state index contributed by atoms with van der Waals surface area (Å²) in [5.74, 6) is 0.511. The smallest absolute Gasteiger partial charge is 0.236 e. The fourth-order valence-electron chi connectivity index (χ4n) is 2.28. The number of rotatable bonds is 8. The maximum atomic E-state index is 11.8. The highest BCUT2D eigenvalue weighted by atomic mass is 35.5. The van der Waals surface area contributed by atoms with Crippen molar-refractivity contribution in [1.82, 2.24) is 20.1 Å². The van der Waals surface area contributed by atoms with E-state index in [1.807, 2.05) is 22.8 Å². The molecule has 0 unspecified atom stereocenters. The highest BCUT2D eigenvalue weighted by molar-refractivity contribution is 7.99. The Morgan fingerprint density at radius 1 is 1.22 bits per heavy atom. The van der Waals surface area contributed by atoms with Crippen molar-refractivity contribution in [3.05, 3.63) is 53.4 Å². The van der Waals surface area contributed by atoms with E-state index in [9.17, 15) is 9.59 Å². The van der Waals surface area contributed by atoms with Crippen LogP contribution in [0.3, 0.4) is 0 Å². The number of nitrogens with zero attached hydrogens (tertiary/aromatic N) is 3. The van der Waals surface area contributed by atoms with Gasteiger partial charge in [0, 0.05) is 10.6 Å². The molecule has 8 nitrogen and oxygen atoms in total. The van der Waals surface area contributed by atoms with Crippen molar-refractivity contribution in [2.45, 2.75) is 11.7 Å². The van der Waals surface area contributed by atoms with E-state index in [0.29, 0.717) is 22.5 Å². The number of carbonyl (C=O) groups is 2. The number of furan rings is 1. The Labute approximate surface area is 164 Å². The van der Waals surface area contributed by atoms with Crippen molar-refractivity contribution in [3.63, 3.8) is 0 Å². The summed E-state index contributed by atoms with van der Waals surface area (Å²) in [4.78, 5) is 22.6. The fourth-order valence-corrected chi connectivity index (χ4v) is 3.17. The van der Waals surface area contributed by atoms with Crippen LogP contribution in [-0.4, -0.2) is 38.9 Å². The molecule has 0 saturated carbocycles. The van der Waals surface area contributed by atoms with Crippen LogP contribution in [0.1, 0.15) is 5.76 Å². The third kappa shape index (κ3) is 5.11. The lowest BCUT2D eigenvalue weighted by atomic mass is 10.2. The molecule has 0 fully saturated rings. The lowest BCUT2D eigenvalue weighted by Gasteiger charge is -2.09. The van der Waals surface area contributed by atoms with Crippen LogP contribution < -0.4 is 11.1 Å². The highest BCUT2D eigenvalue weighted by Crippen LogP contribution is 2.26. The quantitative estimate of drug-likeness (QED) is 0.553. The molecule has 2 amide bonds. The molecule has 0 radical (unpaired) electrons. The summed E-state index contributed by atoms with van der Waals surface area (Å²) in [6.07, 6.45) is 1.59. The Morgan fingerprint density at radius 3 is 2.67 bits per heavy atom. The Hall–Kier alpha value is -2.78. The number of hydrogen-bond acceptors (Lipinski definition) is 6. The van der Waals surface area contributed by atoms with Gasteiger partial charge < -0.3 is 15.5 Å². The second-order valence-electron chi connectivity index (χ2n) is 5.51. The summed E-state index contributed by atoms with van der Waals surface area (Å²) in [7, 11) is 0. The molecule has 0 spiro atoms. The molecule has 0 aliphatic carbocycles. The van der Waals surface area contributed by atoms with Crippen LogP contribution in [0.15, 0.2) is 52.2 Å². The number of carbonyl (C=O) groups excluding carboxylic acids is 2. The Morgan fingerprint density at radius 2 is 2.00 bits per heavy atom. The maximum Gasteiger partial charge on any atom is 0.236 e. The lowest BCUT2D eigenvalue weighted by Crippen LogP contribution is -2.34. The molecule has 3 aromatic rings. The SMILES string of the molecule is NC(=O)CNC(=O)CSc1nnc(-c2ccc(Cl)cc2)n1Cc1ccco1. The molecule has 27 heavy (non-hydrogen) atoms. The molecule has 10 heteroatoms. The molecule has 2 aromatic heterocycles. The number of halogens is 1. The van der Waals surface area contributed by atoms with Crippen molar-refractivity contribution in [2.75, 3.05) is 12.3 Å². The van der Waals surface area contributed by atoms with Crippen LogP contribution in [0.5, 0.6) is 0 Å². The molecule has 140 valence electrons. The van der Waals surface area contributed by atoms with Crippen molar-refractivity contribution in [3.8, 4) is 11.4 Å². The molecule has 0 aliphatic rings. The van der Waals surface area contributed by atoms with E-state index in [1.165, 1.54) is 11.8 Å². The van der Waals surface area contributed by atoms with E-state index in [0.717, 1.165) is 11.3 Å². The van der Waals surface area contributed by atoms with E-state index in [1.54, 1.807) is 24.5 Å². The summed E-state index contributed by atoms with van der Waals surface area (Å²) in [6, 6.07) is 10.9. The van der Waals surface area contributed by atoms with Gasteiger partial charge in [-0.15, -0.1) is 10.2 Å². The monoisotopic (exact) mass is 405 g/mol. The van der Waals surface area contributed by atoms with Crippen molar-refractivity contribution in [2.24, 2.45) is 5.73 Å². The van der Waals surface area contributed by atoms with Crippen molar-refractivity contribution in [1.29, 1.82) is 0 Å². The van der Waals surface area contributed by atoms with Crippen LogP contribution in [0.25, 0.3) is 11.4 Å². The van der Waals surface area contributed by atoms with Crippen LogP contribution in [0.4, 0.5) is 0 Å². The number of nitrogens with two attached hydrogens (primary N) is 1. The molecule has 0 saturated heterocycles. The third-order valence-corrected chi connectivity index (χ3v) is 4.72. The summed E-state index contributed by atoms with van der Waals surface area (Å²) in [5.41, 5.74) is 5.86. The molecule has 2 heterocycles. The van der Waals surface area contributed by atoms with Gasteiger partial charge in [-0.05, 0) is 36.4 Å². The molecule has 0 aliphatic heterocycles. The minimum Gasteiger partial charge on any atom is -0.467 e. The van der Waals surface area contributed by atoms with Crippen LogP contribution in [-0.2, 0) is 16.1 Å². The Kier molecular flexibility index (Phi) is 6.15. The van der Waals surface area contributed by atoms with Crippen molar-refractivity contribution < 1.29 is 14.0 Å². The van der Waals surface area contributed by atoms with E-state index in [2.05, 4.69) is 15.5 Å². The third-order valence-electron chi connectivity index (χ3n) is 3.51. The molecule has 3 N–H and O–H groups in total. The first kappa shape index (κ1) is 19.0. The number of nitrogens with one attached hydrogen (secondary N) is 1. The molecule has 3 rings (SSSR count). The normalized spacial score (nSPS) is 10.7. The van der Waals surface area contributed by atoms with Gasteiger partial charge in [0.1, 0.15) is 5.76 Å². The Bertz CT molecular complexity index is 925. The van der Waals surface area contributed by atoms with Gasteiger partial charge >= 0.3 is 0 Å². The molecular weight excluding hydrogens is 390 g/mol. The predicted octanol–water partition coefficient (Wildman–Crippen LogP) is 1.93. The summed E-state index contributed by atoms with van der Waals surface area (Å²) in [6.45, 7) is 0.206. The van der Waals surface area contributed by atoms with Crippen LogP contribution in [0.2, 0.25) is 5.02 Å². The summed E-state index contributed by atoms with van der Waals surface area (Å²) >= 11 is 7.16. The van der Waals surface area contributed by atoms with Gasteiger partial charge in [-0.25, -0.2) is 0 Å². The number of amides is 2. The summed E-state index contributed by atoms with van der Waals surface area (Å²) in [5, 5.41) is 12.0. The maximum absolute atomic E-state index is 11.8. The zero-order chi connectivity index (χ0) is 19.2. The first-order valence-electron chi connectivity index (χ1n) is 7.92. The fraction of sp³-hybridized carbons (Fsp3) is 0.176. The predicted molar refractivity (Wildman–Crippen MR) is 101 cm³/mol. The molecule has 0 atom stereocenters. The van der Waals surface area contributed by atoms with Gasteiger partial charge in [0.25, 0.3) is 0 Å². The zero-order valence-corrected chi connectivity index (χ0v) is 15.7. The topological polar surface area (TPSA) is 116 Å². The van der Waals surface area contributed by atoms with E-state index in [-0.39, 0.29) is 18.2 Å². The van der Waals surface area contributed by atoms with Gasteiger partial charge in [0.05, 0.1) is 25.1 Å². The van der Waals surface area contributed by atoms with Crippen LogP contribution in [0, 0.1) is 0 Å². The Balaban J connectivity index is 1.81. The average molecular weight is 406 g/mol. The van der Waals surface area contributed by atoms with E-state index < -0.39 is 5.91 Å². The second kappa shape index (κ2) is 8.74.